The van der Waals surface area contributed by atoms with Gasteiger partial charge in [0.05, 0.1) is 5.75 Å². The number of carbonyl (C=O) groups excluding carboxylic acids is 2. The van der Waals surface area contributed by atoms with Crippen molar-refractivity contribution in [1.82, 2.24) is 9.80 Å². The number of aliphatic carboxylic acids is 1. The molecule has 2 aliphatic heterocycles. The van der Waals surface area contributed by atoms with Crippen LogP contribution >= 0.6 is 23.4 Å². The van der Waals surface area contributed by atoms with Crippen LogP contribution in [0, 0.1) is 18.8 Å². The Hall–Kier alpha value is -2.55. The van der Waals surface area contributed by atoms with Crippen LogP contribution in [0.25, 0.3) is 0 Å². The molecule has 0 bridgehead atoms. The number of piperidine rings is 2. The third-order valence-corrected chi connectivity index (χ3v) is 9.80. The molecule has 0 aromatic heterocycles. The van der Waals surface area contributed by atoms with Crippen molar-refractivity contribution < 1.29 is 19.5 Å². The van der Waals surface area contributed by atoms with Crippen LogP contribution in [0.2, 0.25) is 5.02 Å². The Kier molecular flexibility index (Phi) is 11.5. The summed E-state index contributed by atoms with van der Waals surface area (Å²) in [6.45, 7) is 8.56. The SMILES string of the molecule is CC(=O)N1CCC(C(=O)N(CCCN2CCC(Cc3ccc(SCC(=O)O)cc3)CC2)c2ccc(C)c(Cl)c2)CC1. The maximum Gasteiger partial charge on any atom is 0.313 e. The van der Waals surface area contributed by atoms with Gasteiger partial charge in [-0.25, -0.2) is 0 Å². The number of hydrogen-bond donors (Lipinski definition) is 1. The number of likely N-dealkylation sites (tertiary alicyclic amines) is 2. The first-order valence-electron chi connectivity index (χ1n) is 14.7. The van der Waals surface area contributed by atoms with E-state index < -0.39 is 5.97 Å². The molecule has 0 spiro atoms. The number of anilines is 1. The molecule has 9 heteroatoms. The first-order valence-corrected chi connectivity index (χ1v) is 16.0. The fourth-order valence-electron chi connectivity index (χ4n) is 5.84. The first-order chi connectivity index (χ1) is 19.7. The molecule has 2 amide bonds. The average molecular weight is 600 g/mol. The van der Waals surface area contributed by atoms with Crippen LogP contribution < -0.4 is 4.90 Å². The van der Waals surface area contributed by atoms with Gasteiger partial charge in [0.2, 0.25) is 11.8 Å². The monoisotopic (exact) mass is 599 g/mol. The third-order valence-electron chi connectivity index (χ3n) is 8.40. The van der Waals surface area contributed by atoms with Crippen LogP contribution in [0.15, 0.2) is 47.4 Å². The zero-order valence-electron chi connectivity index (χ0n) is 24.2. The van der Waals surface area contributed by atoms with Crippen molar-refractivity contribution >= 4 is 46.8 Å². The van der Waals surface area contributed by atoms with Gasteiger partial charge in [-0.1, -0.05) is 29.8 Å². The number of amides is 2. The highest BCUT2D eigenvalue weighted by Gasteiger charge is 2.30. The molecule has 7 nitrogen and oxygen atoms in total. The van der Waals surface area contributed by atoms with Crippen molar-refractivity contribution in [3.63, 3.8) is 0 Å². The van der Waals surface area contributed by atoms with E-state index in [1.54, 1.807) is 6.92 Å². The van der Waals surface area contributed by atoms with E-state index in [0.29, 0.717) is 43.4 Å². The van der Waals surface area contributed by atoms with Gasteiger partial charge in [-0.05, 0) is 106 Å². The van der Waals surface area contributed by atoms with Gasteiger partial charge in [0, 0.05) is 48.1 Å². The Morgan fingerprint density at radius 2 is 1.68 bits per heavy atom. The molecule has 0 radical (unpaired) electrons. The highest BCUT2D eigenvalue weighted by Crippen LogP contribution is 2.28. The minimum absolute atomic E-state index is 0.0758. The second-order valence-corrected chi connectivity index (χ2v) is 12.8. The van der Waals surface area contributed by atoms with Gasteiger partial charge in [-0.15, -0.1) is 11.8 Å². The van der Waals surface area contributed by atoms with Crippen LogP contribution in [-0.2, 0) is 20.8 Å². The summed E-state index contributed by atoms with van der Waals surface area (Å²) in [5, 5.41) is 9.53. The minimum Gasteiger partial charge on any atom is -0.481 e. The number of thioether (sulfide) groups is 1. The summed E-state index contributed by atoms with van der Waals surface area (Å²) >= 11 is 7.80. The molecule has 0 saturated carbocycles. The number of carboxylic acids is 1. The van der Waals surface area contributed by atoms with Gasteiger partial charge in [0.1, 0.15) is 0 Å². The largest absolute Gasteiger partial charge is 0.481 e. The van der Waals surface area contributed by atoms with Gasteiger partial charge in [-0.3, -0.25) is 14.4 Å². The fourth-order valence-corrected chi connectivity index (χ4v) is 6.64. The van der Waals surface area contributed by atoms with Crippen LogP contribution in [0.1, 0.15) is 50.2 Å². The van der Waals surface area contributed by atoms with Crippen molar-refractivity contribution in [2.24, 2.45) is 11.8 Å². The Labute approximate surface area is 253 Å². The number of carbonyl (C=O) groups is 3. The molecular formula is C32H42ClN3O4S. The number of carboxylic acid groups (broad SMARTS) is 1. The highest BCUT2D eigenvalue weighted by molar-refractivity contribution is 8.00. The lowest BCUT2D eigenvalue weighted by Gasteiger charge is -2.35. The van der Waals surface area contributed by atoms with Gasteiger partial charge in [0.15, 0.2) is 0 Å². The summed E-state index contributed by atoms with van der Waals surface area (Å²) in [6, 6.07) is 14.2. The van der Waals surface area contributed by atoms with Crippen molar-refractivity contribution in [2.45, 2.75) is 57.3 Å². The van der Waals surface area contributed by atoms with Gasteiger partial charge in [-0.2, -0.15) is 0 Å². The quantitative estimate of drug-likeness (QED) is 0.331. The number of aryl methyl sites for hydroxylation is 1. The summed E-state index contributed by atoms with van der Waals surface area (Å²) in [5.74, 6) is 0.0778. The summed E-state index contributed by atoms with van der Waals surface area (Å²) < 4.78 is 0. The molecule has 0 aliphatic carbocycles. The van der Waals surface area contributed by atoms with Crippen LogP contribution in [0.4, 0.5) is 5.69 Å². The number of halogens is 1. The van der Waals surface area contributed by atoms with Crippen LogP contribution in [0.3, 0.4) is 0 Å². The maximum atomic E-state index is 13.7. The standard InChI is InChI=1S/C32H42ClN3O4S/c1-23-4-7-28(21-30(23)33)36(32(40)27-12-18-35(19-13-27)24(2)37)15-3-14-34-16-10-26(11-17-34)20-25-5-8-29(9-6-25)41-22-31(38)39/h4-9,21,26-27H,3,10-20,22H2,1-2H3,(H,38,39). The molecule has 2 aromatic rings. The van der Waals surface area contributed by atoms with Crippen LogP contribution in [0.5, 0.6) is 0 Å². The first kappa shape index (κ1) is 31.4. The van der Waals surface area contributed by atoms with E-state index in [9.17, 15) is 14.4 Å². The van der Waals surface area contributed by atoms with E-state index in [1.807, 2.05) is 47.1 Å². The lowest BCUT2D eigenvalue weighted by Crippen LogP contribution is -2.45. The topological polar surface area (TPSA) is 81.2 Å². The molecule has 2 heterocycles. The zero-order chi connectivity index (χ0) is 29.4. The lowest BCUT2D eigenvalue weighted by molar-refractivity contribution is -0.134. The predicted octanol–water partition coefficient (Wildman–Crippen LogP) is 5.76. The van der Waals surface area contributed by atoms with E-state index in [1.165, 1.54) is 17.3 Å². The molecular weight excluding hydrogens is 558 g/mol. The normalized spacial score (nSPS) is 17.0. The Morgan fingerprint density at radius 3 is 2.29 bits per heavy atom. The van der Waals surface area contributed by atoms with Crippen molar-refractivity contribution in [2.75, 3.05) is 49.9 Å². The average Bonchev–Trinajstić information content (AvgIpc) is 2.97. The summed E-state index contributed by atoms with van der Waals surface area (Å²) in [6.07, 6.45) is 5.65. The fraction of sp³-hybridized carbons (Fsp3) is 0.531. The molecule has 0 atom stereocenters. The molecule has 1 N–H and O–H groups in total. The molecule has 4 rings (SSSR count). The molecule has 2 aromatic carbocycles. The smallest absolute Gasteiger partial charge is 0.313 e. The van der Waals surface area contributed by atoms with Crippen molar-refractivity contribution in [3.05, 3.63) is 58.6 Å². The van der Waals surface area contributed by atoms with Crippen molar-refractivity contribution in [1.29, 1.82) is 0 Å². The Morgan fingerprint density at radius 1 is 1.00 bits per heavy atom. The summed E-state index contributed by atoms with van der Waals surface area (Å²) in [5.41, 5.74) is 3.15. The zero-order valence-corrected chi connectivity index (χ0v) is 25.8. The summed E-state index contributed by atoms with van der Waals surface area (Å²) in [4.78, 5) is 43.5. The molecule has 222 valence electrons. The van der Waals surface area contributed by atoms with E-state index in [2.05, 4.69) is 17.0 Å². The van der Waals surface area contributed by atoms with E-state index >= 15 is 0 Å². The predicted molar refractivity (Wildman–Crippen MR) is 166 cm³/mol. The highest BCUT2D eigenvalue weighted by atomic mass is 35.5. The van der Waals surface area contributed by atoms with E-state index in [0.717, 1.165) is 61.5 Å². The van der Waals surface area contributed by atoms with Gasteiger partial charge >= 0.3 is 5.97 Å². The Balaban J connectivity index is 1.26. The maximum absolute atomic E-state index is 13.7. The Bertz CT molecular complexity index is 1190. The van der Waals surface area contributed by atoms with Gasteiger partial charge < -0.3 is 19.8 Å². The molecule has 41 heavy (non-hydrogen) atoms. The molecule has 2 saturated heterocycles. The molecule has 2 aliphatic rings. The second-order valence-electron chi connectivity index (χ2n) is 11.4. The number of rotatable bonds is 11. The van der Waals surface area contributed by atoms with Gasteiger partial charge in [0.25, 0.3) is 0 Å². The molecule has 2 fully saturated rings. The van der Waals surface area contributed by atoms with E-state index in [4.69, 9.17) is 16.7 Å². The van der Waals surface area contributed by atoms with Crippen LogP contribution in [-0.4, -0.2) is 77.7 Å². The lowest BCUT2D eigenvalue weighted by atomic mass is 9.90. The van der Waals surface area contributed by atoms with E-state index in [-0.39, 0.29) is 23.5 Å². The van der Waals surface area contributed by atoms with Crippen molar-refractivity contribution in [3.8, 4) is 0 Å². The summed E-state index contributed by atoms with van der Waals surface area (Å²) in [7, 11) is 0. The number of nitrogens with zero attached hydrogens (tertiary/aromatic N) is 3. The number of benzene rings is 2. The third kappa shape index (κ3) is 9.22. The second kappa shape index (κ2) is 15.1. The molecule has 0 unspecified atom stereocenters. The number of hydrogen-bond acceptors (Lipinski definition) is 5. The minimum atomic E-state index is -0.795.